The van der Waals surface area contributed by atoms with Crippen molar-refractivity contribution in [1.29, 1.82) is 0 Å². The standard InChI is InChI=1S/C19H8B9ClFN5O/c20-15(16(21,22)9-5-10(30)13(29)32-7-9)14(36)35(19(27,28)18(25,26)17(15,23)24)12-6-11(33-34-12)8-1-3-31-4-2-8/h1-7H,(H,33,34)/t15-/m1/s1. The monoisotopic (exact) mass is 475 g/mol. The molecule has 0 saturated carbocycles. The van der Waals surface area contributed by atoms with Gasteiger partial charge in [0.2, 0.25) is 5.91 Å². The summed E-state index contributed by atoms with van der Waals surface area (Å²) in [5.41, 5.74) is 0.781. The zero-order valence-corrected chi connectivity index (χ0v) is 19.4. The zero-order chi connectivity index (χ0) is 26.9. The van der Waals surface area contributed by atoms with E-state index in [1.165, 1.54) is 6.07 Å². The van der Waals surface area contributed by atoms with Gasteiger partial charge in [0, 0.05) is 30.2 Å². The molecule has 6 nitrogen and oxygen atoms in total. The summed E-state index contributed by atoms with van der Waals surface area (Å²) in [6.45, 7) is 0. The molecule has 1 atom stereocenters. The maximum atomic E-state index is 14.3. The number of amides is 1. The first-order valence-corrected chi connectivity index (χ1v) is 10.6. The van der Waals surface area contributed by atoms with Crippen molar-refractivity contribution < 1.29 is 9.18 Å². The summed E-state index contributed by atoms with van der Waals surface area (Å²) in [4.78, 5) is 22.4. The van der Waals surface area contributed by atoms with Crippen molar-refractivity contribution in [3.05, 3.63) is 59.4 Å². The van der Waals surface area contributed by atoms with E-state index in [-0.39, 0.29) is 11.4 Å². The number of hydrogen-bond donors (Lipinski definition) is 1. The van der Waals surface area contributed by atoms with Gasteiger partial charge in [0.1, 0.15) is 0 Å². The Kier molecular flexibility index (Phi) is 6.26. The van der Waals surface area contributed by atoms with E-state index >= 15 is 0 Å². The average Bonchev–Trinajstić information content (AvgIpc) is 3.29. The van der Waals surface area contributed by atoms with Gasteiger partial charge < -0.3 is 4.90 Å². The lowest BCUT2D eigenvalue weighted by molar-refractivity contribution is -0.124. The van der Waals surface area contributed by atoms with Crippen LogP contribution in [0.25, 0.3) is 11.3 Å². The van der Waals surface area contributed by atoms with E-state index in [0.29, 0.717) is 16.2 Å². The van der Waals surface area contributed by atoms with Crippen molar-refractivity contribution in [3.8, 4) is 11.3 Å². The first-order chi connectivity index (χ1) is 16.5. The van der Waals surface area contributed by atoms with Crippen LogP contribution < -0.4 is 4.90 Å². The molecule has 4 heterocycles. The third-order valence-electron chi connectivity index (χ3n) is 6.62. The first-order valence-electron chi connectivity index (χ1n) is 10.2. The Morgan fingerprint density at radius 1 is 1.00 bits per heavy atom. The van der Waals surface area contributed by atoms with Gasteiger partial charge in [-0.3, -0.25) is 14.9 Å². The van der Waals surface area contributed by atoms with Crippen molar-refractivity contribution in [2.24, 2.45) is 0 Å². The largest absolute Gasteiger partial charge is 0.308 e. The molecular formula is C19H8B9ClFN5O. The highest BCUT2D eigenvalue weighted by Gasteiger charge is 2.68. The molecule has 1 fully saturated rings. The fourth-order valence-corrected chi connectivity index (χ4v) is 4.26. The molecule has 1 N–H and O–H groups in total. The number of aromatic amines is 1. The van der Waals surface area contributed by atoms with Gasteiger partial charge in [-0.15, -0.1) is 10.4 Å². The summed E-state index contributed by atoms with van der Waals surface area (Å²) in [6.07, 6.45) is 4.08. The fourth-order valence-electron chi connectivity index (χ4n) is 4.16. The zero-order valence-electron chi connectivity index (χ0n) is 18.7. The minimum absolute atomic E-state index is 0.168. The molecule has 4 rings (SSSR count). The number of carbonyl (C=O) groups is 1. The van der Waals surface area contributed by atoms with Crippen LogP contribution in [-0.2, 0) is 10.0 Å². The molecule has 0 aromatic carbocycles. The van der Waals surface area contributed by atoms with E-state index < -0.39 is 43.2 Å². The third kappa shape index (κ3) is 3.42. The molecule has 0 unspecified atom stereocenters. The SMILES string of the molecule is [B]C1([B])N(c2cc(-c3ccncc3)[nH]n2)C(=O)[C@@]([B])(C([B])([B])c2cnc(Cl)c(F)c2)C([B])([B])C1([B])[B]. The van der Waals surface area contributed by atoms with Gasteiger partial charge in [0.05, 0.1) is 76.3 Å². The van der Waals surface area contributed by atoms with E-state index in [9.17, 15) is 9.18 Å². The van der Waals surface area contributed by atoms with Crippen LogP contribution in [0.15, 0.2) is 42.9 Å². The maximum Gasteiger partial charge on any atom is 0.223 e. The van der Waals surface area contributed by atoms with Crippen LogP contribution in [0.1, 0.15) is 5.56 Å². The number of carbonyl (C=O) groups excluding carboxylic acids is 1. The second-order valence-corrected chi connectivity index (χ2v) is 9.11. The van der Waals surface area contributed by atoms with Crippen LogP contribution in [0.2, 0.25) is 20.9 Å². The highest BCUT2D eigenvalue weighted by atomic mass is 35.5. The molecule has 1 saturated heterocycles. The van der Waals surface area contributed by atoms with Crippen LogP contribution in [0.3, 0.4) is 0 Å². The van der Waals surface area contributed by atoms with Crippen LogP contribution in [0.5, 0.6) is 0 Å². The van der Waals surface area contributed by atoms with Gasteiger partial charge in [-0.25, -0.2) is 9.37 Å². The molecule has 18 radical (unpaired) electrons. The number of nitrogens with zero attached hydrogens (tertiary/aromatic N) is 4. The number of pyridine rings is 2. The average molecular weight is 474 g/mol. The number of nitrogens with one attached hydrogen (secondary N) is 1. The first kappa shape index (κ1) is 26.8. The summed E-state index contributed by atoms with van der Waals surface area (Å²) in [5, 5.41) is -6.72. The fraction of sp³-hybridized carbons (Fsp3) is 0.263. The molecule has 3 aromatic heterocycles. The van der Waals surface area contributed by atoms with E-state index in [1.54, 1.807) is 24.5 Å². The molecule has 36 heavy (non-hydrogen) atoms. The number of hydrogen-bond acceptors (Lipinski definition) is 4. The Morgan fingerprint density at radius 3 is 2.19 bits per heavy atom. The van der Waals surface area contributed by atoms with Gasteiger partial charge in [-0.05, 0) is 34.4 Å². The van der Waals surface area contributed by atoms with Gasteiger partial charge in [-0.2, -0.15) is 5.10 Å². The van der Waals surface area contributed by atoms with Crippen molar-refractivity contribution in [1.82, 2.24) is 20.2 Å². The minimum atomic E-state index is -2.77. The second-order valence-electron chi connectivity index (χ2n) is 8.75. The quantitative estimate of drug-likeness (QED) is 0.406. The van der Waals surface area contributed by atoms with Gasteiger partial charge in [0.25, 0.3) is 0 Å². The number of halogens is 2. The Bertz CT molecular complexity index is 1340. The highest BCUT2D eigenvalue weighted by Crippen LogP contribution is 2.71. The number of aromatic nitrogens is 4. The Labute approximate surface area is 224 Å². The summed E-state index contributed by atoms with van der Waals surface area (Å²) < 4.78 is 14.3. The maximum absolute atomic E-state index is 14.3. The molecule has 1 amide bonds. The third-order valence-corrected chi connectivity index (χ3v) is 6.90. The van der Waals surface area contributed by atoms with Crippen molar-refractivity contribution in [2.75, 3.05) is 4.90 Å². The predicted octanol–water partition coefficient (Wildman–Crippen LogP) is -0.580. The van der Waals surface area contributed by atoms with Gasteiger partial charge >= 0.3 is 0 Å². The van der Waals surface area contributed by atoms with Crippen LogP contribution in [0.4, 0.5) is 10.2 Å². The van der Waals surface area contributed by atoms with Crippen molar-refractivity contribution >= 4 is 93.9 Å². The predicted molar refractivity (Wildman–Crippen MR) is 143 cm³/mol. The molecule has 156 valence electrons. The van der Waals surface area contributed by atoms with Gasteiger partial charge in [-0.1, -0.05) is 16.8 Å². The number of rotatable bonds is 4. The lowest BCUT2D eigenvalue weighted by atomic mass is 9.08. The van der Waals surface area contributed by atoms with Crippen molar-refractivity contribution in [2.45, 2.75) is 26.3 Å². The number of piperidine rings is 1. The van der Waals surface area contributed by atoms with E-state index in [1.807, 2.05) is 0 Å². The molecule has 0 bridgehead atoms. The molecule has 0 spiro atoms. The Balaban J connectivity index is 1.93. The molecule has 1 aliphatic heterocycles. The van der Waals surface area contributed by atoms with Crippen molar-refractivity contribution in [3.63, 3.8) is 0 Å². The van der Waals surface area contributed by atoms with Crippen LogP contribution >= 0.6 is 11.6 Å². The van der Waals surface area contributed by atoms with E-state index in [4.69, 9.17) is 82.2 Å². The van der Waals surface area contributed by atoms with Gasteiger partial charge in [0.15, 0.2) is 16.8 Å². The smallest absolute Gasteiger partial charge is 0.223 e. The highest BCUT2D eigenvalue weighted by molar-refractivity contribution is 6.69. The normalized spacial score (nSPS) is 22.8. The lowest BCUT2D eigenvalue weighted by Gasteiger charge is -2.73. The summed E-state index contributed by atoms with van der Waals surface area (Å²) >= 11 is 5.66. The lowest BCUT2D eigenvalue weighted by Crippen LogP contribution is -2.76. The van der Waals surface area contributed by atoms with E-state index in [0.717, 1.165) is 12.3 Å². The number of H-pyrrole nitrogens is 1. The molecule has 3 aromatic rings. The van der Waals surface area contributed by atoms with Crippen LogP contribution in [0, 0.1) is 5.82 Å². The van der Waals surface area contributed by atoms with E-state index in [2.05, 4.69) is 20.2 Å². The summed E-state index contributed by atoms with van der Waals surface area (Å²) in [6, 6.07) is 5.58. The van der Waals surface area contributed by atoms with Crippen LogP contribution in [-0.4, -0.2) is 102 Å². The molecular weight excluding hydrogens is 466 g/mol. The molecule has 1 aliphatic rings. The summed E-state index contributed by atoms with van der Waals surface area (Å²) in [5.74, 6) is -2.39. The summed E-state index contributed by atoms with van der Waals surface area (Å²) in [7, 11) is 56.9. The Hall–Kier alpha value is -2.22. The molecule has 17 heteroatoms. The minimum Gasteiger partial charge on any atom is -0.308 e. The Morgan fingerprint density at radius 2 is 1.61 bits per heavy atom. The number of anilines is 1. The topological polar surface area (TPSA) is 74.8 Å². The second kappa shape index (κ2) is 8.40. The molecule has 0 aliphatic carbocycles.